The Balaban J connectivity index is 5.08. The van der Waals surface area contributed by atoms with Crippen LogP contribution in [0.3, 0.4) is 0 Å². The van der Waals surface area contributed by atoms with Crippen molar-refractivity contribution in [3.05, 3.63) is 0 Å². The largest absolute Gasteiger partial charge is 0.459 e. The number of methoxy groups -OCH3 is 1. The molecule has 2 N–H and O–H groups in total. The van der Waals surface area contributed by atoms with Gasteiger partial charge in [0.2, 0.25) is 0 Å². The van der Waals surface area contributed by atoms with Crippen molar-refractivity contribution in [2.75, 3.05) is 7.11 Å². The monoisotopic (exact) mass is 416 g/mol. The molecule has 6 nitrogen and oxygen atoms in total. The third kappa shape index (κ3) is 8.35. The smallest absolute Gasteiger partial charge is 0.309 e. The zero-order valence-corrected chi connectivity index (χ0v) is 19.9. The molecule has 0 saturated heterocycles. The van der Waals surface area contributed by atoms with Gasteiger partial charge in [-0.05, 0) is 45.4 Å². The summed E-state index contributed by atoms with van der Waals surface area (Å²) in [4.78, 5) is 25.1. The van der Waals surface area contributed by atoms with Crippen molar-refractivity contribution in [3.63, 3.8) is 0 Å². The lowest BCUT2D eigenvalue weighted by atomic mass is 9.79. The van der Waals surface area contributed by atoms with E-state index in [2.05, 4.69) is 6.92 Å². The summed E-state index contributed by atoms with van der Waals surface area (Å²) in [5.74, 6) is -1.50. The number of aliphatic hydroxyl groups is 2. The van der Waals surface area contributed by atoms with Gasteiger partial charge < -0.3 is 19.7 Å². The fourth-order valence-electron chi connectivity index (χ4n) is 3.83. The molecule has 0 aliphatic rings. The summed E-state index contributed by atoms with van der Waals surface area (Å²) in [6, 6.07) is 0. The Kier molecular flexibility index (Phi) is 12.2. The Morgan fingerprint density at radius 3 is 1.97 bits per heavy atom. The molecular formula is C23H44O6. The second-order valence-electron chi connectivity index (χ2n) is 9.03. The first-order valence-electron chi connectivity index (χ1n) is 11.0. The molecule has 0 unspecified atom stereocenters. The van der Waals surface area contributed by atoms with Crippen LogP contribution in [0.15, 0.2) is 0 Å². The molecule has 0 heterocycles. The number of hydrogen-bond donors (Lipinski definition) is 2. The van der Waals surface area contributed by atoms with Gasteiger partial charge in [-0.2, -0.15) is 0 Å². The van der Waals surface area contributed by atoms with Crippen LogP contribution in [0.1, 0.15) is 81.1 Å². The molecule has 0 rings (SSSR count). The van der Waals surface area contributed by atoms with E-state index in [1.54, 1.807) is 21.0 Å². The van der Waals surface area contributed by atoms with Crippen LogP contribution in [-0.2, 0) is 19.1 Å². The van der Waals surface area contributed by atoms with E-state index in [1.807, 2.05) is 27.7 Å². The fraction of sp³-hybridized carbons (Fsp3) is 0.913. The van der Waals surface area contributed by atoms with Crippen molar-refractivity contribution in [2.45, 2.75) is 105 Å². The molecule has 0 aromatic rings. The molecule has 8 atom stereocenters. The summed E-state index contributed by atoms with van der Waals surface area (Å²) in [7, 11) is 1.67. The lowest BCUT2D eigenvalue weighted by Crippen LogP contribution is -2.55. The molecule has 0 radical (unpaired) electrons. The Morgan fingerprint density at radius 1 is 0.966 bits per heavy atom. The molecule has 6 heteroatoms. The van der Waals surface area contributed by atoms with Crippen LogP contribution >= 0.6 is 0 Å². The second kappa shape index (κ2) is 12.7. The number of aliphatic hydroxyl groups excluding tert-OH is 1. The predicted molar refractivity (Wildman–Crippen MR) is 114 cm³/mol. The third-order valence-corrected chi connectivity index (χ3v) is 6.20. The van der Waals surface area contributed by atoms with Gasteiger partial charge in [0, 0.05) is 18.9 Å². The summed E-state index contributed by atoms with van der Waals surface area (Å²) in [5.41, 5.74) is -1.72. The molecule has 0 bridgehead atoms. The van der Waals surface area contributed by atoms with Crippen LogP contribution in [0.25, 0.3) is 0 Å². The Bertz CT molecular complexity index is 504. The Hall–Kier alpha value is -0.980. The summed E-state index contributed by atoms with van der Waals surface area (Å²) in [6.45, 7) is 14.4. The topological polar surface area (TPSA) is 93.1 Å². The van der Waals surface area contributed by atoms with Gasteiger partial charge in [0.15, 0.2) is 0 Å². The first-order chi connectivity index (χ1) is 13.3. The molecule has 0 saturated carbocycles. The normalized spacial score (nSPS) is 21.2. The molecule has 0 aromatic heterocycles. The highest BCUT2D eigenvalue weighted by Gasteiger charge is 2.45. The second-order valence-corrected chi connectivity index (χ2v) is 9.03. The van der Waals surface area contributed by atoms with Crippen LogP contribution in [0.5, 0.6) is 0 Å². The molecule has 29 heavy (non-hydrogen) atoms. The molecule has 0 spiro atoms. The van der Waals surface area contributed by atoms with Crippen molar-refractivity contribution in [2.24, 2.45) is 23.7 Å². The van der Waals surface area contributed by atoms with E-state index < -0.39 is 29.7 Å². The number of carbonyl (C=O) groups is 2. The van der Waals surface area contributed by atoms with E-state index in [4.69, 9.17) is 9.47 Å². The van der Waals surface area contributed by atoms with Crippen LogP contribution in [0.4, 0.5) is 0 Å². The van der Waals surface area contributed by atoms with E-state index in [0.717, 1.165) is 6.42 Å². The maximum Gasteiger partial charge on any atom is 0.309 e. The van der Waals surface area contributed by atoms with E-state index in [0.29, 0.717) is 19.3 Å². The highest BCUT2D eigenvalue weighted by Crippen LogP contribution is 2.29. The zero-order chi connectivity index (χ0) is 22.9. The maximum absolute atomic E-state index is 12.6. The van der Waals surface area contributed by atoms with Crippen molar-refractivity contribution in [1.29, 1.82) is 0 Å². The Labute approximate surface area is 177 Å². The quantitative estimate of drug-likeness (QED) is 0.419. The molecule has 0 aliphatic heterocycles. The molecule has 0 aromatic carbocycles. The standard InChI is InChI=1S/C23H44O6/c1-10-15(4)20(24)18(7)21(25)23(8,27)19(11-2)29-22(26)16(5)12-14(3)13-17(6)28-9/h14-19,21,25,27H,10-13H2,1-9H3/t14-,15+,16+,17-,18-,19+,21+,23+/m0/s1. The average molecular weight is 417 g/mol. The minimum Gasteiger partial charge on any atom is -0.459 e. The first-order valence-corrected chi connectivity index (χ1v) is 11.0. The van der Waals surface area contributed by atoms with E-state index in [9.17, 15) is 19.8 Å². The molecular weight excluding hydrogens is 372 g/mol. The molecule has 172 valence electrons. The van der Waals surface area contributed by atoms with Crippen molar-refractivity contribution >= 4 is 11.8 Å². The SMILES string of the molecule is CC[C@@H](C)C(=O)[C@H](C)[C@@H](O)[C@](C)(O)[C@@H](CC)OC(=O)[C@H](C)C[C@H](C)C[C@H](C)OC. The van der Waals surface area contributed by atoms with Crippen LogP contribution < -0.4 is 0 Å². The molecule has 0 amide bonds. The lowest BCUT2D eigenvalue weighted by molar-refractivity contribution is -0.189. The number of Topliss-reactive ketones (excluding diaryl/α,β-unsaturated/α-hetero) is 1. The minimum absolute atomic E-state index is 0.101. The highest BCUT2D eigenvalue weighted by molar-refractivity contribution is 5.83. The predicted octanol–water partition coefficient (Wildman–Crippen LogP) is 3.76. The van der Waals surface area contributed by atoms with Crippen molar-refractivity contribution < 1.29 is 29.3 Å². The molecule has 0 fully saturated rings. The third-order valence-electron chi connectivity index (χ3n) is 6.20. The molecule has 0 aliphatic carbocycles. The van der Waals surface area contributed by atoms with E-state index in [1.165, 1.54) is 6.92 Å². The van der Waals surface area contributed by atoms with E-state index in [-0.39, 0.29) is 29.6 Å². The lowest BCUT2D eigenvalue weighted by Gasteiger charge is -2.39. The highest BCUT2D eigenvalue weighted by atomic mass is 16.6. The zero-order valence-electron chi connectivity index (χ0n) is 19.9. The van der Waals surface area contributed by atoms with Gasteiger partial charge in [-0.15, -0.1) is 0 Å². The first kappa shape index (κ1) is 28.0. The summed E-state index contributed by atoms with van der Waals surface area (Å²) < 4.78 is 10.9. The summed E-state index contributed by atoms with van der Waals surface area (Å²) in [5, 5.41) is 21.7. The van der Waals surface area contributed by atoms with Crippen LogP contribution in [-0.4, -0.2) is 53.0 Å². The van der Waals surface area contributed by atoms with Gasteiger partial charge in [-0.3, -0.25) is 9.59 Å². The Morgan fingerprint density at radius 2 is 1.52 bits per heavy atom. The van der Waals surface area contributed by atoms with E-state index >= 15 is 0 Å². The van der Waals surface area contributed by atoms with Gasteiger partial charge in [-0.25, -0.2) is 0 Å². The van der Waals surface area contributed by atoms with Crippen molar-refractivity contribution in [1.82, 2.24) is 0 Å². The van der Waals surface area contributed by atoms with Gasteiger partial charge in [-0.1, -0.05) is 41.5 Å². The number of ketones is 1. The number of rotatable bonds is 14. The average Bonchev–Trinajstić information content (AvgIpc) is 2.68. The van der Waals surface area contributed by atoms with Crippen LogP contribution in [0, 0.1) is 23.7 Å². The summed E-state index contributed by atoms with van der Waals surface area (Å²) in [6.07, 6.45) is 0.404. The number of ether oxygens (including phenoxy) is 2. The maximum atomic E-state index is 12.6. The van der Waals surface area contributed by atoms with Gasteiger partial charge >= 0.3 is 5.97 Å². The van der Waals surface area contributed by atoms with Crippen molar-refractivity contribution in [3.8, 4) is 0 Å². The van der Waals surface area contributed by atoms with Gasteiger partial charge in [0.1, 0.15) is 17.5 Å². The number of carbonyl (C=O) groups excluding carboxylic acids is 2. The fourth-order valence-corrected chi connectivity index (χ4v) is 3.83. The van der Waals surface area contributed by atoms with Crippen LogP contribution in [0.2, 0.25) is 0 Å². The summed E-state index contributed by atoms with van der Waals surface area (Å²) >= 11 is 0. The minimum atomic E-state index is -1.72. The number of hydrogen-bond acceptors (Lipinski definition) is 6. The van der Waals surface area contributed by atoms with Gasteiger partial charge in [0.05, 0.1) is 18.1 Å². The van der Waals surface area contributed by atoms with Gasteiger partial charge in [0.25, 0.3) is 0 Å². The number of esters is 1.